The number of anilines is 3. The molecule has 3 aromatic rings. The van der Waals surface area contributed by atoms with Gasteiger partial charge < -0.3 is 30.0 Å². The highest BCUT2D eigenvalue weighted by molar-refractivity contribution is 6.04. The van der Waals surface area contributed by atoms with Gasteiger partial charge in [0.2, 0.25) is 0 Å². The Hall–Kier alpha value is -3.99. The molecule has 11 heteroatoms. The monoisotopic (exact) mass is 423 g/mol. The number of pyridine rings is 1. The Labute approximate surface area is 177 Å². The average Bonchev–Trinajstić information content (AvgIpc) is 3.31. The summed E-state index contributed by atoms with van der Waals surface area (Å²) in [6.45, 7) is 3.32. The van der Waals surface area contributed by atoms with Crippen LogP contribution in [0.5, 0.6) is 5.75 Å². The van der Waals surface area contributed by atoms with Gasteiger partial charge in [0.1, 0.15) is 5.75 Å². The van der Waals surface area contributed by atoms with E-state index in [1.165, 1.54) is 7.11 Å². The summed E-state index contributed by atoms with van der Waals surface area (Å²) in [7, 11) is 1.53. The Morgan fingerprint density at radius 1 is 1.10 bits per heavy atom. The zero-order valence-electron chi connectivity index (χ0n) is 16.8. The van der Waals surface area contributed by atoms with Gasteiger partial charge in [0, 0.05) is 44.1 Å². The third-order valence-electron chi connectivity index (χ3n) is 4.65. The molecular weight excluding hydrogens is 402 g/mol. The van der Waals surface area contributed by atoms with Gasteiger partial charge in [-0.15, -0.1) is 10.2 Å². The molecule has 2 aromatic heterocycles. The standard InChI is InChI=1S/C20H21N7O4/c1-30-14-4-2-3-13(11-14)23-17(28)19-25-26-20(31-19)18(29)24-15-12-22-6-5-16(15)27-9-7-21-8-10-27/h2-6,11-12,21H,7-10H2,1H3,(H,23,28)(H,24,29). The highest BCUT2D eigenvalue weighted by Gasteiger charge is 2.22. The van der Waals surface area contributed by atoms with Gasteiger partial charge in [-0.1, -0.05) is 6.07 Å². The molecule has 0 atom stereocenters. The minimum absolute atomic E-state index is 0.328. The first kappa shape index (κ1) is 20.3. The molecule has 1 aromatic carbocycles. The molecular formula is C20H21N7O4. The predicted molar refractivity (Wildman–Crippen MR) is 113 cm³/mol. The normalized spacial score (nSPS) is 13.5. The van der Waals surface area contributed by atoms with E-state index in [1.54, 1.807) is 36.7 Å². The molecule has 0 aliphatic carbocycles. The number of rotatable bonds is 6. The fourth-order valence-corrected chi connectivity index (χ4v) is 3.13. The molecule has 2 amide bonds. The van der Waals surface area contributed by atoms with E-state index in [2.05, 4.69) is 36.0 Å². The van der Waals surface area contributed by atoms with Crippen LogP contribution < -0.4 is 25.6 Å². The molecule has 0 radical (unpaired) electrons. The fourth-order valence-electron chi connectivity index (χ4n) is 3.13. The van der Waals surface area contributed by atoms with Crippen LogP contribution in [0.4, 0.5) is 17.1 Å². The average molecular weight is 423 g/mol. The van der Waals surface area contributed by atoms with Crippen LogP contribution in [-0.2, 0) is 0 Å². The predicted octanol–water partition coefficient (Wildman–Crippen LogP) is 1.39. The van der Waals surface area contributed by atoms with Crippen molar-refractivity contribution >= 4 is 28.9 Å². The lowest BCUT2D eigenvalue weighted by molar-refractivity contribution is 0.0968. The van der Waals surface area contributed by atoms with Crippen molar-refractivity contribution in [3.8, 4) is 5.75 Å². The van der Waals surface area contributed by atoms with Crippen molar-refractivity contribution in [1.82, 2.24) is 20.5 Å². The van der Waals surface area contributed by atoms with Crippen molar-refractivity contribution < 1.29 is 18.7 Å². The van der Waals surface area contributed by atoms with E-state index in [9.17, 15) is 9.59 Å². The molecule has 1 fully saturated rings. The number of hydrogen-bond donors (Lipinski definition) is 3. The van der Waals surface area contributed by atoms with Crippen LogP contribution in [0.3, 0.4) is 0 Å². The first-order chi connectivity index (χ1) is 15.1. The Morgan fingerprint density at radius 3 is 2.58 bits per heavy atom. The summed E-state index contributed by atoms with van der Waals surface area (Å²) >= 11 is 0. The van der Waals surface area contributed by atoms with E-state index in [0.717, 1.165) is 31.9 Å². The zero-order valence-corrected chi connectivity index (χ0v) is 16.8. The number of amides is 2. The summed E-state index contributed by atoms with van der Waals surface area (Å²) in [5, 5.41) is 16.0. The summed E-state index contributed by atoms with van der Waals surface area (Å²) in [6.07, 6.45) is 3.22. The smallest absolute Gasteiger partial charge is 0.313 e. The molecule has 31 heavy (non-hydrogen) atoms. The molecule has 0 unspecified atom stereocenters. The van der Waals surface area contributed by atoms with Gasteiger partial charge in [-0.2, -0.15) is 0 Å². The topological polar surface area (TPSA) is 135 Å². The first-order valence-electron chi connectivity index (χ1n) is 9.64. The van der Waals surface area contributed by atoms with Crippen molar-refractivity contribution in [3.63, 3.8) is 0 Å². The molecule has 0 bridgehead atoms. The lowest BCUT2D eigenvalue weighted by Crippen LogP contribution is -2.43. The second-order valence-electron chi connectivity index (χ2n) is 6.68. The van der Waals surface area contributed by atoms with Crippen LogP contribution in [0, 0.1) is 0 Å². The van der Waals surface area contributed by atoms with Gasteiger partial charge in [0.05, 0.1) is 24.7 Å². The number of nitrogens with zero attached hydrogens (tertiary/aromatic N) is 4. The Balaban J connectivity index is 1.44. The van der Waals surface area contributed by atoms with E-state index in [1.807, 2.05) is 6.07 Å². The molecule has 160 valence electrons. The van der Waals surface area contributed by atoms with Gasteiger partial charge in [-0.05, 0) is 18.2 Å². The van der Waals surface area contributed by atoms with Crippen LogP contribution in [0.15, 0.2) is 47.1 Å². The zero-order chi connectivity index (χ0) is 21.6. The summed E-state index contributed by atoms with van der Waals surface area (Å²) in [5.74, 6) is -1.34. The van der Waals surface area contributed by atoms with Crippen LogP contribution in [0.25, 0.3) is 0 Å². The van der Waals surface area contributed by atoms with Crippen LogP contribution in [0.1, 0.15) is 21.4 Å². The second kappa shape index (κ2) is 9.22. The Kier molecular flexibility index (Phi) is 6.03. The highest BCUT2D eigenvalue weighted by Crippen LogP contribution is 2.25. The van der Waals surface area contributed by atoms with Crippen LogP contribution in [0.2, 0.25) is 0 Å². The molecule has 1 aliphatic rings. The molecule has 1 aliphatic heterocycles. The number of piperazine rings is 1. The van der Waals surface area contributed by atoms with Crippen molar-refractivity contribution in [2.24, 2.45) is 0 Å². The lowest BCUT2D eigenvalue weighted by Gasteiger charge is -2.30. The molecule has 11 nitrogen and oxygen atoms in total. The van der Waals surface area contributed by atoms with Gasteiger partial charge >= 0.3 is 23.6 Å². The van der Waals surface area contributed by atoms with Crippen LogP contribution in [-0.4, -0.2) is 60.3 Å². The second-order valence-corrected chi connectivity index (χ2v) is 6.68. The Morgan fingerprint density at radius 2 is 1.84 bits per heavy atom. The number of hydrogen-bond acceptors (Lipinski definition) is 9. The van der Waals surface area contributed by atoms with Crippen molar-refractivity contribution in [2.75, 3.05) is 48.8 Å². The molecule has 0 saturated carbocycles. The summed E-state index contributed by atoms with van der Waals surface area (Å²) in [6, 6.07) is 8.64. The van der Waals surface area contributed by atoms with Crippen LogP contribution >= 0.6 is 0 Å². The van der Waals surface area contributed by atoms with Crippen molar-refractivity contribution in [3.05, 3.63) is 54.5 Å². The third-order valence-corrected chi connectivity index (χ3v) is 4.65. The maximum Gasteiger partial charge on any atom is 0.313 e. The van der Waals surface area contributed by atoms with Crippen molar-refractivity contribution in [1.29, 1.82) is 0 Å². The summed E-state index contributed by atoms with van der Waals surface area (Å²) in [4.78, 5) is 31.2. The third kappa shape index (κ3) is 4.78. The number of nitrogens with one attached hydrogen (secondary N) is 3. The quantitative estimate of drug-likeness (QED) is 0.537. The van der Waals surface area contributed by atoms with Gasteiger partial charge in [0.15, 0.2) is 0 Å². The van der Waals surface area contributed by atoms with E-state index < -0.39 is 11.8 Å². The largest absolute Gasteiger partial charge is 0.497 e. The molecule has 3 heterocycles. The summed E-state index contributed by atoms with van der Waals surface area (Å²) in [5.41, 5.74) is 1.86. The van der Waals surface area contributed by atoms with E-state index in [-0.39, 0.29) is 11.8 Å². The Bertz CT molecular complexity index is 1080. The van der Waals surface area contributed by atoms with E-state index in [4.69, 9.17) is 9.15 Å². The van der Waals surface area contributed by atoms with Gasteiger partial charge in [-0.3, -0.25) is 14.6 Å². The SMILES string of the molecule is COc1cccc(NC(=O)c2nnc(C(=O)Nc3cnccc3N3CCNCC3)o2)c1. The summed E-state index contributed by atoms with van der Waals surface area (Å²) < 4.78 is 10.4. The maximum atomic E-state index is 12.6. The molecule has 1 saturated heterocycles. The lowest BCUT2D eigenvalue weighted by atomic mass is 10.2. The minimum atomic E-state index is -0.636. The molecule has 4 rings (SSSR count). The van der Waals surface area contributed by atoms with E-state index in [0.29, 0.717) is 17.1 Å². The number of methoxy groups -OCH3 is 1. The van der Waals surface area contributed by atoms with E-state index >= 15 is 0 Å². The number of carbonyl (C=O) groups excluding carboxylic acids is 2. The fraction of sp³-hybridized carbons (Fsp3) is 0.250. The molecule has 0 spiro atoms. The highest BCUT2D eigenvalue weighted by atomic mass is 16.5. The van der Waals surface area contributed by atoms with Gasteiger partial charge in [-0.25, -0.2) is 0 Å². The number of carbonyl (C=O) groups is 2. The first-order valence-corrected chi connectivity index (χ1v) is 9.64. The van der Waals surface area contributed by atoms with Crippen molar-refractivity contribution in [2.45, 2.75) is 0 Å². The minimum Gasteiger partial charge on any atom is -0.497 e. The molecule has 3 N–H and O–H groups in total. The number of aromatic nitrogens is 3. The number of ether oxygens (including phenoxy) is 1. The number of benzene rings is 1. The van der Waals surface area contributed by atoms with Gasteiger partial charge in [0.25, 0.3) is 0 Å². The maximum absolute atomic E-state index is 12.6.